The molecule has 1 aromatic rings. The van der Waals surface area contributed by atoms with Crippen LogP contribution in [0.5, 0.6) is 5.75 Å². The summed E-state index contributed by atoms with van der Waals surface area (Å²) >= 11 is 0. The highest BCUT2D eigenvalue weighted by molar-refractivity contribution is 5.95. The third kappa shape index (κ3) is 3.41. The second-order valence-corrected chi connectivity index (χ2v) is 4.93. The van der Waals surface area contributed by atoms with Gasteiger partial charge in [0, 0.05) is 31.7 Å². The molecule has 1 aliphatic rings. The van der Waals surface area contributed by atoms with Gasteiger partial charge in [0.1, 0.15) is 5.75 Å². The van der Waals surface area contributed by atoms with Crippen LogP contribution in [0, 0.1) is 0 Å². The minimum Gasteiger partial charge on any atom is -0.495 e. The Kier molecular flexibility index (Phi) is 5.08. The second-order valence-electron chi connectivity index (χ2n) is 4.93. The van der Waals surface area contributed by atoms with E-state index >= 15 is 0 Å². The molecule has 7 heteroatoms. The Morgan fingerprint density at radius 2 is 1.82 bits per heavy atom. The summed E-state index contributed by atoms with van der Waals surface area (Å²) in [5.74, 6) is 0.446. The first-order valence-electron chi connectivity index (χ1n) is 7.21. The average molecular weight is 307 g/mol. The van der Waals surface area contributed by atoms with Crippen LogP contribution in [0.15, 0.2) is 18.2 Å². The van der Waals surface area contributed by atoms with Crippen molar-refractivity contribution in [1.29, 1.82) is 0 Å². The van der Waals surface area contributed by atoms with E-state index in [1.807, 2.05) is 0 Å². The molecule has 1 saturated heterocycles. The van der Waals surface area contributed by atoms with Crippen molar-refractivity contribution < 1.29 is 19.1 Å². The molecule has 7 nitrogen and oxygen atoms in total. The van der Waals surface area contributed by atoms with Crippen LogP contribution < -0.4 is 10.5 Å². The van der Waals surface area contributed by atoms with Crippen molar-refractivity contribution in [3.8, 4) is 5.75 Å². The normalized spacial score (nSPS) is 14.6. The molecule has 2 amide bonds. The summed E-state index contributed by atoms with van der Waals surface area (Å²) in [5.41, 5.74) is 6.77. The van der Waals surface area contributed by atoms with E-state index < -0.39 is 0 Å². The Labute approximate surface area is 129 Å². The van der Waals surface area contributed by atoms with Crippen LogP contribution in [0.2, 0.25) is 0 Å². The van der Waals surface area contributed by atoms with Gasteiger partial charge in [-0.3, -0.25) is 4.79 Å². The van der Waals surface area contributed by atoms with Crippen LogP contribution in [-0.4, -0.2) is 61.7 Å². The van der Waals surface area contributed by atoms with Gasteiger partial charge in [-0.15, -0.1) is 0 Å². The van der Waals surface area contributed by atoms with Crippen LogP contribution in [0.3, 0.4) is 0 Å². The zero-order valence-electron chi connectivity index (χ0n) is 12.9. The summed E-state index contributed by atoms with van der Waals surface area (Å²) in [5, 5.41) is 0. The van der Waals surface area contributed by atoms with Gasteiger partial charge in [-0.1, -0.05) is 0 Å². The zero-order valence-corrected chi connectivity index (χ0v) is 12.9. The summed E-state index contributed by atoms with van der Waals surface area (Å²) in [6.07, 6.45) is -0.330. The smallest absolute Gasteiger partial charge is 0.409 e. The standard InChI is InChI=1S/C15H21N3O4/c1-3-22-15(20)18-8-6-17(7-9-18)14(19)11-4-5-13(21-2)12(16)10-11/h4-5,10H,3,6-9,16H2,1-2H3. The summed E-state index contributed by atoms with van der Waals surface area (Å²) in [7, 11) is 1.53. The highest BCUT2D eigenvalue weighted by atomic mass is 16.6. The Morgan fingerprint density at radius 1 is 1.18 bits per heavy atom. The van der Waals surface area contributed by atoms with Gasteiger partial charge in [0.25, 0.3) is 5.91 Å². The van der Waals surface area contributed by atoms with Gasteiger partial charge in [0.15, 0.2) is 0 Å². The molecule has 0 saturated carbocycles. The molecule has 22 heavy (non-hydrogen) atoms. The average Bonchev–Trinajstić information content (AvgIpc) is 2.54. The molecule has 2 N–H and O–H groups in total. The van der Waals surface area contributed by atoms with Crippen LogP contribution in [0.1, 0.15) is 17.3 Å². The van der Waals surface area contributed by atoms with Crippen LogP contribution in [0.4, 0.5) is 10.5 Å². The molecular weight excluding hydrogens is 286 g/mol. The largest absolute Gasteiger partial charge is 0.495 e. The van der Waals surface area contributed by atoms with Crippen molar-refractivity contribution in [1.82, 2.24) is 9.80 Å². The Balaban J connectivity index is 1.98. The van der Waals surface area contributed by atoms with Gasteiger partial charge in [-0.25, -0.2) is 4.79 Å². The molecule has 0 atom stereocenters. The van der Waals surface area contributed by atoms with E-state index in [9.17, 15) is 9.59 Å². The molecule has 1 heterocycles. The van der Waals surface area contributed by atoms with E-state index in [0.717, 1.165) is 0 Å². The summed E-state index contributed by atoms with van der Waals surface area (Å²) in [6, 6.07) is 4.98. The first kappa shape index (κ1) is 15.9. The molecule has 1 fully saturated rings. The SMILES string of the molecule is CCOC(=O)N1CCN(C(=O)c2ccc(OC)c(N)c2)CC1. The number of piperazine rings is 1. The Morgan fingerprint density at radius 3 is 2.36 bits per heavy atom. The number of nitrogens with zero attached hydrogens (tertiary/aromatic N) is 2. The minimum atomic E-state index is -0.330. The molecule has 0 unspecified atom stereocenters. The predicted octanol–water partition coefficient (Wildman–Crippen LogP) is 1.19. The van der Waals surface area contributed by atoms with Gasteiger partial charge in [0.2, 0.25) is 0 Å². The first-order chi connectivity index (χ1) is 10.6. The van der Waals surface area contributed by atoms with Gasteiger partial charge < -0.3 is 25.0 Å². The van der Waals surface area contributed by atoms with Crippen molar-refractivity contribution >= 4 is 17.7 Å². The molecular formula is C15H21N3O4. The topological polar surface area (TPSA) is 85.1 Å². The molecule has 0 aromatic heterocycles. The highest BCUT2D eigenvalue weighted by Gasteiger charge is 2.25. The Hall–Kier alpha value is -2.44. The fraction of sp³-hybridized carbons (Fsp3) is 0.467. The predicted molar refractivity (Wildman–Crippen MR) is 81.9 cm³/mol. The lowest BCUT2D eigenvalue weighted by atomic mass is 10.1. The third-order valence-corrected chi connectivity index (χ3v) is 3.57. The molecule has 0 spiro atoms. The molecule has 2 rings (SSSR count). The molecule has 0 radical (unpaired) electrons. The lowest BCUT2D eigenvalue weighted by Crippen LogP contribution is -2.50. The first-order valence-corrected chi connectivity index (χ1v) is 7.21. The summed E-state index contributed by atoms with van der Waals surface area (Å²) in [4.78, 5) is 27.4. The fourth-order valence-corrected chi connectivity index (χ4v) is 2.36. The lowest BCUT2D eigenvalue weighted by molar-refractivity contribution is 0.0570. The highest BCUT2D eigenvalue weighted by Crippen LogP contribution is 2.23. The van der Waals surface area contributed by atoms with Crippen LogP contribution in [-0.2, 0) is 4.74 Å². The number of ether oxygens (including phenoxy) is 2. The molecule has 120 valence electrons. The summed E-state index contributed by atoms with van der Waals surface area (Å²) < 4.78 is 10.0. The quantitative estimate of drug-likeness (QED) is 0.848. The molecule has 1 aliphatic heterocycles. The van der Waals surface area contributed by atoms with E-state index in [1.165, 1.54) is 7.11 Å². The van der Waals surface area contributed by atoms with Gasteiger partial charge in [0.05, 0.1) is 19.4 Å². The molecule has 0 aliphatic carbocycles. The number of benzene rings is 1. The van der Waals surface area contributed by atoms with Crippen LogP contribution >= 0.6 is 0 Å². The van der Waals surface area contributed by atoms with E-state index in [2.05, 4.69) is 0 Å². The number of hydrogen-bond acceptors (Lipinski definition) is 5. The van der Waals surface area contributed by atoms with Crippen molar-refractivity contribution in [3.63, 3.8) is 0 Å². The van der Waals surface area contributed by atoms with E-state index in [4.69, 9.17) is 15.2 Å². The van der Waals surface area contributed by atoms with Gasteiger partial charge in [-0.05, 0) is 25.1 Å². The maximum Gasteiger partial charge on any atom is 0.409 e. The number of nitrogen functional groups attached to an aromatic ring is 1. The van der Waals surface area contributed by atoms with Crippen molar-refractivity contribution in [3.05, 3.63) is 23.8 Å². The fourth-order valence-electron chi connectivity index (χ4n) is 2.36. The number of hydrogen-bond donors (Lipinski definition) is 1. The summed E-state index contributed by atoms with van der Waals surface area (Å²) in [6.45, 7) is 4.01. The van der Waals surface area contributed by atoms with Crippen molar-refractivity contribution in [2.45, 2.75) is 6.92 Å². The number of methoxy groups -OCH3 is 1. The second kappa shape index (κ2) is 7.02. The minimum absolute atomic E-state index is 0.0992. The number of rotatable bonds is 3. The van der Waals surface area contributed by atoms with E-state index in [0.29, 0.717) is 49.8 Å². The van der Waals surface area contributed by atoms with Crippen molar-refractivity contribution in [2.75, 3.05) is 45.6 Å². The zero-order chi connectivity index (χ0) is 16.1. The number of anilines is 1. The van der Waals surface area contributed by atoms with Gasteiger partial charge in [-0.2, -0.15) is 0 Å². The number of carbonyl (C=O) groups excluding carboxylic acids is 2. The molecule has 0 bridgehead atoms. The van der Waals surface area contributed by atoms with Crippen LogP contribution in [0.25, 0.3) is 0 Å². The maximum absolute atomic E-state index is 12.4. The Bertz CT molecular complexity index is 554. The number of nitrogens with two attached hydrogens (primary N) is 1. The number of amides is 2. The lowest BCUT2D eigenvalue weighted by Gasteiger charge is -2.34. The van der Waals surface area contributed by atoms with E-state index in [1.54, 1.807) is 34.9 Å². The third-order valence-electron chi connectivity index (χ3n) is 3.57. The maximum atomic E-state index is 12.4. The monoisotopic (exact) mass is 307 g/mol. The number of carbonyl (C=O) groups is 2. The molecule has 1 aromatic carbocycles. The van der Waals surface area contributed by atoms with E-state index in [-0.39, 0.29) is 12.0 Å². The van der Waals surface area contributed by atoms with Gasteiger partial charge >= 0.3 is 6.09 Å². The van der Waals surface area contributed by atoms with Crippen molar-refractivity contribution in [2.24, 2.45) is 0 Å².